The summed E-state index contributed by atoms with van der Waals surface area (Å²) in [5, 5.41) is 14.4. The van der Waals surface area contributed by atoms with Gasteiger partial charge in [-0.1, -0.05) is 12.1 Å². The molecule has 21 heavy (non-hydrogen) atoms. The molecule has 1 atom stereocenters. The molecule has 0 aliphatic rings. The van der Waals surface area contributed by atoms with Gasteiger partial charge in [0.15, 0.2) is 0 Å². The predicted molar refractivity (Wildman–Crippen MR) is 82.1 cm³/mol. The summed E-state index contributed by atoms with van der Waals surface area (Å²) in [6.07, 6.45) is 3.32. The van der Waals surface area contributed by atoms with E-state index < -0.39 is 6.10 Å². The molecule has 0 radical (unpaired) electrons. The Kier molecular flexibility index (Phi) is 5.36. The number of hydrogen-bond donors (Lipinski definition) is 1. The maximum Gasteiger partial charge on any atom is 0.119 e. The SMILES string of the molecule is CCOc1ccc(C(O)CN(C)Cc2cnn(C)c2)cc1. The van der Waals surface area contributed by atoms with E-state index in [2.05, 4.69) is 10.00 Å². The second-order valence-corrected chi connectivity index (χ2v) is 5.24. The topological polar surface area (TPSA) is 50.5 Å². The molecule has 0 saturated heterocycles. The van der Waals surface area contributed by atoms with Crippen molar-refractivity contribution in [3.8, 4) is 5.75 Å². The monoisotopic (exact) mass is 289 g/mol. The van der Waals surface area contributed by atoms with Crippen LogP contribution in [0.25, 0.3) is 0 Å². The van der Waals surface area contributed by atoms with E-state index in [1.165, 1.54) is 0 Å². The van der Waals surface area contributed by atoms with Crippen LogP contribution in [0.4, 0.5) is 0 Å². The first-order valence-corrected chi connectivity index (χ1v) is 7.15. The van der Waals surface area contributed by atoms with Gasteiger partial charge in [-0.3, -0.25) is 9.58 Å². The molecule has 0 fully saturated rings. The molecular formula is C16H23N3O2. The van der Waals surface area contributed by atoms with Crippen molar-refractivity contribution in [2.45, 2.75) is 19.6 Å². The number of aryl methyl sites for hydroxylation is 1. The van der Waals surface area contributed by atoms with E-state index in [-0.39, 0.29) is 0 Å². The fourth-order valence-corrected chi connectivity index (χ4v) is 2.28. The van der Waals surface area contributed by atoms with E-state index in [9.17, 15) is 5.11 Å². The average molecular weight is 289 g/mol. The molecule has 0 aliphatic carbocycles. The maximum absolute atomic E-state index is 10.3. The molecule has 1 aromatic heterocycles. The molecule has 2 aromatic rings. The van der Waals surface area contributed by atoms with Gasteiger partial charge in [-0.05, 0) is 31.7 Å². The van der Waals surface area contributed by atoms with Crippen LogP contribution in [0.15, 0.2) is 36.7 Å². The number of ether oxygens (including phenoxy) is 1. The molecule has 114 valence electrons. The third kappa shape index (κ3) is 4.58. The molecule has 0 spiro atoms. The van der Waals surface area contributed by atoms with Crippen LogP contribution in [-0.4, -0.2) is 40.0 Å². The molecular weight excluding hydrogens is 266 g/mol. The highest BCUT2D eigenvalue weighted by Gasteiger charge is 2.11. The Bertz CT molecular complexity index is 551. The van der Waals surface area contributed by atoms with Crippen LogP contribution >= 0.6 is 0 Å². The summed E-state index contributed by atoms with van der Waals surface area (Å²) in [5.41, 5.74) is 2.04. The van der Waals surface area contributed by atoms with E-state index in [1.807, 2.05) is 57.7 Å². The quantitative estimate of drug-likeness (QED) is 0.847. The Labute approximate surface area is 125 Å². The largest absolute Gasteiger partial charge is 0.494 e. The molecule has 0 aliphatic heterocycles. The van der Waals surface area contributed by atoms with Crippen molar-refractivity contribution in [1.82, 2.24) is 14.7 Å². The minimum atomic E-state index is -0.512. The van der Waals surface area contributed by atoms with E-state index in [1.54, 1.807) is 4.68 Å². The summed E-state index contributed by atoms with van der Waals surface area (Å²) in [7, 11) is 3.89. The number of aromatic nitrogens is 2. The zero-order chi connectivity index (χ0) is 15.2. The first-order chi connectivity index (χ1) is 10.1. The molecule has 2 rings (SSSR count). The van der Waals surface area contributed by atoms with Crippen molar-refractivity contribution in [2.75, 3.05) is 20.2 Å². The average Bonchev–Trinajstić information content (AvgIpc) is 2.85. The number of benzene rings is 1. The Balaban J connectivity index is 1.89. The van der Waals surface area contributed by atoms with Gasteiger partial charge in [0.25, 0.3) is 0 Å². The number of nitrogens with zero attached hydrogens (tertiary/aromatic N) is 3. The second kappa shape index (κ2) is 7.24. The van der Waals surface area contributed by atoms with Crippen molar-refractivity contribution >= 4 is 0 Å². The Morgan fingerprint density at radius 2 is 2.05 bits per heavy atom. The standard InChI is InChI=1S/C16H23N3O2/c1-4-21-15-7-5-14(6-8-15)16(20)12-18(2)10-13-9-17-19(3)11-13/h5-9,11,16,20H,4,10,12H2,1-3H3. The van der Waals surface area contributed by atoms with Crippen LogP contribution in [0.2, 0.25) is 0 Å². The van der Waals surface area contributed by atoms with Crippen LogP contribution in [0.1, 0.15) is 24.2 Å². The molecule has 0 amide bonds. The fraction of sp³-hybridized carbons (Fsp3) is 0.438. The van der Waals surface area contributed by atoms with E-state index in [4.69, 9.17) is 4.74 Å². The minimum absolute atomic E-state index is 0.512. The Morgan fingerprint density at radius 1 is 1.33 bits per heavy atom. The summed E-state index contributed by atoms with van der Waals surface area (Å²) in [6.45, 7) is 3.94. The lowest BCUT2D eigenvalue weighted by Gasteiger charge is -2.20. The molecule has 1 N–H and O–H groups in total. The van der Waals surface area contributed by atoms with Crippen molar-refractivity contribution in [3.05, 3.63) is 47.8 Å². The van der Waals surface area contributed by atoms with Crippen LogP contribution in [0, 0.1) is 0 Å². The smallest absolute Gasteiger partial charge is 0.119 e. The zero-order valence-electron chi connectivity index (χ0n) is 12.9. The lowest BCUT2D eigenvalue weighted by atomic mass is 10.1. The molecule has 1 unspecified atom stereocenters. The Hall–Kier alpha value is -1.85. The van der Waals surface area contributed by atoms with Gasteiger partial charge in [0.1, 0.15) is 5.75 Å². The first kappa shape index (κ1) is 15.5. The Morgan fingerprint density at radius 3 is 2.62 bits per heavy atom. The normalized spacial score (nSPS) is 12.6. The molecule has 1 aromatic carbocycles. The van der Waals surface area contributed by atoms with Crippen molar-refractivity contribution < 1.29 is 9.84 Å². The first-order valence-electron chi connectivity index (χ1n) is 7.15. The van der Waals surface area contributed by atoms with Gasteiger partial charge in [0, 0.05) is 31.9 Å². The predicted octanol–water partition coefficient (Wildman–Crippen LogP) is 1.98. The number of likely N-dealkylation sites (N-methyl/N-ethyl adjacent to an activating group) is 1. The van der Waals surface area contributed by atoms with Gasteiger partial charge in [0.2, 0.25) is 0 Å². The van der Waals surface area contributed by atoms with Gasteiger partial charge in [0.05, 0.1) is 18.9 Å². The molecule has 0 saturated carbocycles. The summed E-state index contributed by atoms with van der Waals surface area (Å²) >= 11 is 0. The minimum Gasteiger partial charge on any atom is -0.494 e. The zero-order valence-corrected chi connectivity index (χ0v) is 12.9. The highest BCUT2D eigenvalue weighted by atomic mass is 16.5. The van der Waals surface area contributed by atoms with Crippen molar-refractivity contribution in [1.29, 1.82) is 0 Å². The summed E-state index contributed by atoms with van der Waals surface area (Å²) in [4.78, 5) is 2.08. The molecule has 5 nitrogen and oxygen atoms in total. The van der Waals surface area contributed by atoms with Crippen LogP contribution in [0.3, 0.4) is 0 Å². The van der Waals surface area contributed by atoms with Gasteiger partial charge in [-0.25, -0.2) is 0 Å². The van der Waals surface area contributed by atoms with Crippen LogP contribution in [0.5, 0.6) is 5.75 Å². The summed E-state index contributed by atoms with van der Waals surface area (Å²) in [5.74, 6) is 0.831. The van der Waals surface area contributed by atoms with Gasteiger partial charge in [-0.2, -0.15) is 5.10 Å². The lowest BCUT2D eigenvalue weighted by Crippen LogP contribution is -2.24. The molecule has 0 bridgehead atoms. The second-order valence-electron chi connectivity index (χ2n) is 5.24. The number of rotatable bonds is 7. The van der Waals surface area contributed by atoms with Crippen molar-refractivity contribution in [3.63, 3.8) is 0 Å². The number of aliphatic hydroxyl groups is 1. The van der Waals surface area contributed by atoms with Gasteiger partial charge in [-0.15, -0.1) is 0 Å². The van der Waals surface area contributed by atoms with E-state index in [0.717, 1.165) is 23.4 Å². The number of aliphatic hydroxyl groups excluding tert-OH is 1. The summed E-state index contributed by atoms with van der Waals surface area (Å²) in [6, 6.07) is 7.60. The molecule has 1 heterocycles. The van der Waals surface area contributed by atoms with Crippen LogP contribution in [-0.2, 0) is 13.6 Å². The van der Waals surface area contributed by atoms with Crippen LogP contribution < -0.4 is 4.74 Å². The van der Waals surface area contributed by atoms with E-state index in [0.29, 0.717) is 13.2 Å². The third-order valence-electron chi connectivity index (χ3n) is 3.27. The number of hydrogen-bond acceptors (Lipinski definition) is 4. The van der Waals surface area contributed by atoms with Crippen molar-refractivity contribution in [2.24, 2.45) is 7.05 Å². The molecule has 5 heteroatoms. The van der Waals surface area contributed by atoms with Gasteiger partial charge >= 0.3 is 0 Å². The maximum atomic E-state index is 10.3. The van der Waals surface area contributed by atoms with Gasteiger partial charge < -0.3 is 9.84 Å². The highest BCUT2D eigenvalue weighted by Crippen LogP contribution is 2.19. The van der Waals surface area contributed by atoms with E-state index >= 15 is 0 Å². The third-order valence-corrected chi connectivity index (χ3v) is 3.27. The fourth-order valence-electron chi connectivity index (χ4n) is 2.28. The highest BCUT2D eigenvalue weighted by molar-refractivity contribution is 5.28. The lowest BCUT2D eigenvalue weighted by molar-refractivity contribution is 0.124. The summed E-state index contributed by atoms with van der Waals surface area (Å²) < 4.78 is 7.19.